The van der Waals surface area contributed by atoms with Crippen LogP contribution in [0.15, 0.2) is 23.2 Å². The molecule has 0 atom stereocenters. The van der Waals surface area contributed by atoms with Crippen LogP contribution in [-0.2, 0) is 16.6 Å². The van der Waals surface area contributed by atoms with Crippen molar-refractivity contribution in [2.45, 2.75) is 46.7 Å². The molecule has 0 heterocycles. The van der Waals surface area contributed by atoms with Crippen molar-refractivity contribution >= 4 is 16.0 Å². The zero-order valence-electron chi connectivity index (χ0n) is 15.5. The van der Waals surface area contributed by atoms with Gasteiger partial charge in [-0.3, -0.25) is 0 Å². The summed E-state index contributed by atoms with van der Waals surface area (Å²) < 4.78 is 25.4. The number of nitrogens with zero attached hydrogens (tertiary/aromatic N) is 1. The molecule has 24 heavy (non-hydrogen) atoms. The molecule has 1 aromatic carbocycles. The van der Waals surface area contributed by atoms with Crippen LogP contribution in [0, 0.1) is 13.8 Å². The fourth-order valence-electron chi connectivity index (χ4n) is 2.37. The molecule has 0 amide bonds. The SMILES string of the molecule is CCNC(=NCc1ccc(C)cc1C)NCC(C)(C)NS(C)(=O)=O. The third-order valence-corrected chi connectivity index (χ3v) is 4.33. The molecular formula is C17H30N4O2S. The van der Waals surface area contributed by atoms with E-state index in [9.17, 15) is 8.42 Å². The van der Waals surface area contributed by atoms with E-state index in [-0.39, 0.29) is 0 Å². The molecule has 3 N–H and O–H groups in total. The maximum Gasteiger partial charge on any atom is 0.209 e. The van der Waals surface area contributed by atoms with Gasteiger partial charge in [0.1, 0.15) is 0 Å². The lowest BCUT2D eigenvalue weighted by Crippen LogP contribution is -2.53. The summed E-state index contributed by atoms with van der Waals surface area (Å²) in [5, 5.41) is 6.38. The number of sulfonamides is 1. The second kappa shape index (κ2) is 8.48. The van der Waals surface area contributed by atoms with Crippen LogP contribution in [-0.4, -0.2) is 39.3 Å². The van der Waals surface area contributed by atoms with Gasteiger partial charge in [-0.15, -0.1) is 0 Å². The zero-order chi connectivity index (χ0) is 18.4. The van der Waals surface area contributed by atoms with E-state index in [0.29, 0.717) is 19.0 Å². The number of hydrogen-bond acceptors (Lipinski definition) is 3. The van der Waals surface area contributed by atoms with Gasteiger partial charge in [0.25, 0.3) is 0 Å². The molecule has 0 aliphatic heterocycles. The molecule has 0 unspecified atom stereocenters. The molecule has 0 aliphatic rings. The summed E-state index contributed by atoms with van der Waals surface area (Å²) in [6.07, 6.45) is 1.16. The Morgan fingerprint density at radius 3 is 2.42 bits per heavy atom. The normalized spacial score (nSPS) is 13.0. The van der Waals surface area contributed by atoms with Crippen molar-refractivity contribution in [2.75, 3.05) is 19.3 Å². The quantitative estimate of drug-likeness (QED) is 0.514. The van der Waals surface area contributed by atoms with Crippen LogP contribution < -0.4 is 15.4 Å². The monoisotopic (exact) mass is 354 g/mol. The minimum atomic E-state index is -3.26. The minimum Gasteiger partial charge on any atom is -0.357 e. The Bertz CT molecular complexity index is 682. The fourth-order valence-corrected chi connectivity index (χ4v) is 3.45. The smallest absolute Gasteiger partial charge is 0.209 e. The van der Waals surface area contributed by atoms with Crippen LogP contribution >= 0.6 is 0 Å². The van der Waals surface area contributed by atoms with E-state index in [0.717, 1.165) is 12.8 Å². The van der Waals surface area contributed by atoms with Crippen molar-refractivity contribution < 1.29 is 8.42 Å². The molecule has 1 aromatic rings. The number of rotatable bonds is 7. The highest BCUT2D eigenvalue weighted by atomic mass is 32.2. The van der Waals surface area contributed by atoms with Crippen molar-refractivity contribution in [3.63, 3.8) is 0 Å². The zero-order valence-corrected chi connectivity index (χ0v) is 16.3. The number of hydrogen-bond donors (Lipinski definition) is 3. The molecule has 0 aromatic heterocycles. The molecule has 136 valence electrons. The van der Waals surface area contributed by atoms with Crippen LogP contribution in [0.5, 0.6) is 0 Å². The summed E-state index contributed by atoms with van der Waals surface area (Å²) >= 11 is 0. The van der Waals surface area contributed by atoms with Gasteiger partial charge in [-0.2, -0.15) is 0 Å². The van der Waals surface area contributed by atoms with Crippen molar-refractivity contribution in [2.24, 2.45) is 4.99 Å². The Morgan fingerprint density at radius 1 is 1.21 bits per heavy atom. The van der Waals surface area contributed by atoms with Gasteiger partial charge in [-0.1, -0.05) is 23.8 Å². The van der Waals surface area contributed by atoms with E-state index >= 15 is 0 Å². The molecule has 1 rings (SSSR count). The van der Waals surface area contributed by atoms with Crippen molar-refractivity contribution in [3.05, 3.63) is 34.9 Å². The van der Waals surface area contributed by atoms with Gasteiger partial charge < -0.3 is 10.6 Å². The van der Waals surface area contributed by atoms with Gasteiger partial charge in [-0.05, 0) is 45.7 Å². The minimum absolute atomic E-state index is 0.429. The molecule has 0 aliphatic carbocycles. The van der Waals surface area contributed by atoms with E-state index < -0.39 is 15.6 Å². The Kier molecular flexibility index (Phi) is 7.23. The molecule has 0 bridgehead atoms. The fraction of sp³-hybridized carbons (Fsp3) is 0.588. The second-order valence-corrected chi connectivity index (χ2v) is 8.49. The van der Waals surface area contributed by atoms with E-state index in [1.165, 1.54) is 16.7 Å². The molecule has 0 saturated carbocycles. The molecule has 7 heteroatoms. The first kappa shape index (κ1) is 20.4. The third kappa shape index (κ3) is 7.79. The van der Waals surface area contributed by atoms with Gasteiger partial charge in [-0.25, -0.2) is 18.1 Å². The third-order valence-electron chi connectivity index (χ3n) is 3.41. The first-order valence-electron chi connectivity index (χ1n) is 8.09. The van der Waals surface area contributed by atoms with Gasteiger partial charge in [0, 0.05) is 18.6 Å². The molecule has 0 fully saturated rings. The van der Waals surface area contributed by atoms with Crippen molar-refractivity contribution in [1.29, 1.82) is 0 Å². The van der Waals surface area contributed by atoms with E-state index in [4.69, 9.17) is 0 Å². The van der Waals surface area contributed by atoms with E-state index in [1.54, 1.807) is 0 Å². The number of benzene rings is 1. The van der Waals surface area contributed by atoms with Gasteiger partial charge >= 0.3 is 0 Å². The molecule has 6 nitrogen and oxygen atoms in total. The van der Waals surface area contributed by atoms with Crippen molar-refractivity contribution in [1.82, 2.24) is 15.4 Å². The number of guanidine groups is 1. The summed E-state index contributed by atoms with van der Waals surface area (Å²) in [4.78, 5) is 4.59. The Labute approximate surface area is 146 Å². The Balaban J connectivity index is 2.75. The maximum absolute atomic E-state index is 11.4. The lowest BCUT2D eigenvalue weighted by Gasteiger charge is -2.26. The molecule has 0 saturated heterocycles. The van der Waals surface area contributed by atoms with Crippen LogP contribution in [0.4, 0.5) is 0 Å². The molecule has 0 radical (unpaired) electrons. The number of aliphatic imine (C=N–C) groups is 1. The second-order valence-electron chi connectivity index (χ2n) is 6.74. The lowest BCUT2D eigenvalue weighted by atomic mass is 10.1. The summed E-state index contributed by atoms with van der Waals surface area (Å²) in [6, 6.07) is 6.31. The number of aryl methyl sites for hydroxylation is 2. The predicted octanol–water partition coefficient (Wildman–Crippen LogP) is 1.69. The van der Waals surface area contributed by atoms with Crippen LogP contribution in [0.2, 0.25) is 0 Å². The van der Waals surface area contributed by atoms with Crippen molar-refractivity contribution in [3.8, 4) is 0 Å². The maximum atomic E-state index is 11.4. The highest BCUT2D eigenvalue weighted by Crippen LogP contribution is 2.11. The Morgan fingerprint density at radius 2 is 1.88 bits per heavy atom. The van der Waals surface area contributed by atoms with Crippen LogP contribution in [0.25, 0.3) is 0 Å². The molecular weight excluding hydrogens is 324 g/mol. The summed E-state index contributed by atoms with van der Waals surface area (Å²) in [6.45, 7) is 11.5. The van der Waals surface area contributed by atoms with Gasteiger partial charge in [0.05, 0.1) is 12.8 Å². The first-order chi connectivity index (χ1) is 11.0. The lowest BCUT2D eigenvalue weighted by molar-refractivity contribution is 0.446. The topological polar surface area (TPSA) is 82.6 Å². The first-order valence-corrected chi connectivity index (χ1v) is 9.99. The summed E-state index contributed by atoms with van der Waals surface area (Å²) in [5.41, 5.74) is 3.02. The molecule has 0 spiro atoms. The predicted molar refractivity (Wildman–Crippen MR) is 101 cm³/mol. The van der Waals surface area contributed by atoms with E-state index in [1.807, 2.05) is 20.8 Å². The summed E-state index contributed by atoms with van der Waals surface area (Å²) in [7, 11) is -3.26. The highest BCUT2D eigenvalue weighted by molar-refractivity contribution is 7.88. The average molecular weight is 355 g/mol. The Hall–Kier alpha value is -1.60. The highest BCUT2D eigenvalue weighted by Gasteiger charge is 2.22. The van der Waals surface area contributed by atoms with Gasteiger partial charge in [0.15, 0.2) is 5.96 Å². The van der Waals surface area contributed by atoms with Crippen LogP contribution in [0.1, 0.15) is 37.5 Å². The standard InChI is InChI=1S/C17H30N4O2S/c1-7-18-16(20-12-17(4,5)21-24(6,22)23)19-11-15-9-8-13(2)10-14(15)3/h8-10,21H,7,11-12H2,1-6H3,(H2,18,19,20). The summed E-state index contributed by atoms with van der Waals surface area (Å²) in [5.74, 6) is 0.667. The largest absolute Gasteiger partial charge is 0.357 e. The van der Waals surface area contributed by atoms with Crippen LogP contribution in [0.3, 0.4) is 0 Å². The number of nitrogens with one attached hydrogen (secondary N) is 3. The average Bonchev–Trinajstić information content (AvgIpc) is 2.41. The van der Waals surface area contributed by atoms with Gasteiger partial charge in [0.2, 0.25) is 10.0 Å². The van der Waals surface area contributed by atoms with E-state index in [2.05, 4.69) is 52.4 Å².